The highest BCUT2D eigenvalue weighted by atomic mass is 32.2. The number of benzene rings is 1. The highest BCUT2D eigenvalue weighted by molar-refractivity contribution is 8.02. The van der Waals surface area contributed by atoms with Crippen LogP contribution in [0.5, 0.6) is 0 Å². The maximum atomic E-state index is 12.6. The molecule has 114 valence electrons. The maximum Gasteiger partial charge on any atom is 0.250 e. The van der Waals surface area contributed by atoms with E-state index in [4.69, 9.17) is 0 Å². The second-order valence-electron chi connectivity index (χ2n) is 5.12. The number of rotatable bonds is 3. The number of thioether (sulfide) groups is 1. The number of nitrogens with one attached hydrogen (secondary N) is 2. The van der Waals surface area contributed by atoms with E-state index in [-0.39, 0.29) is 11.8 Å². The summed E-state index contributed by atoms with van der Waals surface area (Å²) >= 11 is 1.26. The maximum absolute atomic E-state index is 12.6. The summed E-state index contributed by atoms with van der Waals surface area (Å²) in [6.07, 6.45) is 3.31. The molecule has 1 aliphatic rings. The standard InChI is InChI=1S/C15H16N4O2S/c1-3-19-9-10(8-16-19)17-13(20)15(2)14(21)18-11-6-4-5-7-12(11)22-15/h4-9H,3H2,1-2H3,(H,17,20)(H,18,21). The molecule has 7 heteroatoms. The molecule has 22 heavy (non-hydrogen) atoms. The Labute approximate surface area is 132 Å². The summed E-state index contributed by atoms with van der Waals surface area (Å²) in [6, 6.07) is 7.44. The van der Waals surface area contributed by atoms with Crippen LogP contribution in [0.1, 0.15) is 13.8 Å². The first-order valence-electron chi connectivity index (χ1n) is 6.96. The summed E-state index contributed by atoms with van der Waals surface area (Å²) in [5, 5.41) is 9.66. The van der Waals surface area contributed by atoms with Gasteiger partial charge in [-0.2, -0.15) is 5.10 Å². The lowest BCUT2D eigenvalue weighted by Crippen LogP contribution is -2.49. The predicted octanol–water partition coefficient (Wildman–Crippen LogP) is 2.34. The highest BCUT2D eigenvalue weighted by Crippen LogP contribution is 2.42. The summed E-state index contributed by atoms with van der Waals surface area (Å²) in [4.78, 5) is 25.8. The van der Waals surface area contributed by atoms with Crippen molar-refractivity contribution >= 4 is 35.0 Å². The quantitative estimate of drug-likeness (QED) is 0.852. The Morgan fingerprint density at radius 1 is 1.45 bits per heavy atom. The molecule has 2 N–H and O–H groups in total. The molecule has 3 rings (SSSR count). The molecule has 0 spiro atoms. The van der Waals surface area contributed by atoms with E-state index in [1.165, 1.54) is 11.8 Å². The molecule has 1 atom stereocenters. The first-order chi connectivity index (χ1) is 10.5. The zero-order valence-corrected chi connectivity index (χ0v) is 13.1. The van der Waals surface area contributed by atoms with Crippen molar-refractivity contribution in [3.05, 3.63) is 36.7 Å². The molecule has 0 saturated carbocycles. The van der Waals surface area contributed by atoms with Gasteiger partial charge >= 0.3 is 0 Å². The van der Waals surface area contributed by atoms with Crippen LogP contribution in [0.2, 0.25) is 0 Å². The van der Waals surface area contributed by atoms with Gasteiger partial charge in [0, 0.05) is 17.6 Å². The van der Waals surface area contributed by atoms with Crippen LogP contribution < -0.4 is 10.6 Å². The number of aryl methyl sites for hydroxylation is 1. The number of amides is 2. The van der Waals surface area contributed by atoms with Crippen LogP contribution in [0.15, 0.2) is 41.6 Å². The molecule has 0 bridgehead atoms. The molecule has 0 saturated heterocycles. The van der Waals surface area contributed by atoms with Gasteiger partial charge in [-0.15, -0.1) is 0 Å². The van der Waals surface area contributed by atoms with E-state index >= 15 is 0 Å². The Kier molecular flexibility index (Phi) is 3.66. The number of carbonyl (C=O) groups excluding carboxylic acids is 2. The average Bonchev–Trinajstić information content (AvgIpc) is 2.96. The van der Waals surface area contributed by atoms with Gasteiger partial charge in [0.2, 0.25) is 11.8 Å². The molecule has 1 aliphatic heterocycles. The lowest BCUT2D eigenvalue weighted by atomic mass is 10.1. The molecule has 2 aromatic rings. The van der Waals surface area contributed by atoms with Gasteiger partial charge in [-0.05, 0) is 26.0 Å². The van der Waals surface area contributed by atoms with Crippen LogP contribution in [0.3, 0.4) is 0 Å². The number of carbonyl (C=O) groups is 2. The number of para-hydroxylation sites is 1. The summed E-state index contributed by atoms with van der Waals surface area (Å²) in [7, 11) is 0. The van der Waals surface area contributed by atoms with E-state index in [0.717, 1.165) is 17.1 Å². The molecule has 1 unspecified atom stereocenters. The van der Waals surface area contributed by atoms with Crippen LogP contribution in [-0.4, -0.2) is 26.3 Å². The van der Waals surface area contributed by atoms with Crippen molar-refractivity contribution in [3.8, 4) is 0 Å². The summed E-state index contributed by atoms with van der Waals surface area (Å²) in [6.45, 7) is 4.31. The van der Waals surface area contributed by atoms with Gasteiger partial charge in [0.15, 0.2) is 4.75 Å². The Balaban J connectivity index is 1.83. The van der Waals surface area contributed by atoms with E-state index in [9.17, 15) is 9.59 Å². The summed E-state index contributed by atoms with van der Waals surface area (Å²) in [5.41, 5.74) is 1.32. The van der Waals surface area contributed by atoms with Crippen molar-refractivity contribution in [2.75, 3.05) is 10.6 Å². The summed E-state index contributed by atoms with van der Waals surface area (Å²) < 4.78 is 0.490. The average molecular weight is 316 g/mol. The normalized spacial score (nSPS) is 20.2. The van der Waals surface area contributed by atoms with E-state index in [1.807, 2.05) is 31.2 Å². The van der Waals surface area contributed by atoms with Crippen molar-refractivity contribution in [3.63, 3.8) is 0 Å². The zero-order valence-electron chi connectivity index (χ0n) is 12.3. The van der Waals surface area contributed by atoms with Crippen molar-refractivity contribution < 1.29 is 9.59 Å². The molecular formula is C15H16N4O2S. The number of nitrogens with zero attached hydrogens (tertiary/aromatic N) is 2. The van der Waals surface area contributed by atoms with Gasteiger partial charge in [-0.3, -0.25) is 14.3 Å². The molecule has 2 heterocycles. The largest absolute Gasteiger partial charge is 0.323 e. The fraction of sp³-hybridized carbons (Fsp3) is 0.267. The lowest BCUT2D eigenvalue weighted by Gasteiger charge is -2.31. The van der Waals surface area contributed by atoms with Crippen LogP contribution in [0.25, 0.3) is 0 Å². The predicted molar refractivity (Wildman–Crippen MR) is 85.9 cm³/mol. The van der Waals surface area contributed by atoms with Gasteiger partial charge in [0.1, 0.15) is 0 Å². The fourth-order valence-electron chi connectivity index (χ4n) is 2.17. The zero-order chi connectivity index (χ0) is 15.7. The summed E-state index contributed by atoms with van der Waals surface area (Å²) in [5.74, 6) is -0.684. The SMILES string of the molecule is CCn1cc(NC(=O)C2(C)Sc3ccccc3NC2=O)cn1. The topological polar surface area (TPSA) is 76.0 Å². The van der Waals surface area contributed by atoms with E-state index in [2.05, 4.69) is 15.7 Å². The van der Waals surface area contributed by atoms with Crippen molar-refractivity contribution in [1.29, 1.82) is 0 Å². The lowest BCUT2D eigenvalue weighted by molar-refractivity contribution is -0.126. The smallest absolute Gasteiger partial charge is 0.250 e. The second kappa shape index (κ2) is 5.49. The van der Waals surface area contributed by atoms with E-state index in [0.29, 0.717) is 5.69 Å². The van der Waals surface area contributed by atoms with E-state index in [1.54, 1.807) is 24.0 Å². The fourth-order valence-corrected chi connectivity index (χ4v) is 3.27. The van der Waals surface area contributed by atoms with Crippen molar-refractivity contribution in [2.24, 2.45) is 0 Å². The van der Waals surface area contributed by atoms with Gasteiger partial charge in [0.05, 0.1) is 17.6 Å². The van der Waals surface area contributed by atoms with Crippen molar-refractivity contribution in [1.82, 2.24) is 9.78 Å². The Morgan fingerprint density at radius 2 is 2.23 bits per heavy atom. The molecule has 0 radical (unpaired) electrons. The number of aromatic nitrogens is 2. The third-order valence-electron chi connectivity index (χ3n) is 3.53. The Bertz CT molecular complexity index is 743. The van der Waals surface area contributed by atoms with Crippen LogP contribution in [-0.2, 0) is 16.1 Å². The first-order valence-corrected chi connectivity index (χ1v) is 7.78. The molecule has 2 amide bonds. The van der Waals surface area contributed by atoms with Crippen LogP contribution >= 0.6 is 11.8 Å². The molecule has 6 nitrogen and oxygen atoms in total. The van der Waals surface area contributed by atoms with E-state index < -0.39 is 4.75 Å². The minimum absolute atomic E-state index is 0.323. The minimum Gasteiger partial charge on any atom is -0.323 e. The number of hydrogen-bond acceptors (Lipinski definition) is 4. The van der Waals surface area contributed by atoms with Crippen molar-refractivity contribution in [2.45, 2.75) is 30.0 Å². The van der Waals surface area contributed by atoms with Gasteiger partial charge in [-0.25, -0.2) is 0 Å². The van der Waals surface area contributed by atoms with Gasteiger partial charge in [-0.1, -0.05) is 23.9 Å². The third-order valence-corrected chi connectivity index (χ3v) is 4.89. The highest BCUT2D eigenvalue weighted by Gasteiger charge is 2.45. The Morgan fingerprint density at radius 3 is 2.95 bits per heavy atom. The first kappa shape index (κ1) is 14.6. The van der Waals surface area contributed by atoms with Gasteiger partial charge in [0.25, 0.3) is 0 Å². The molecule has 0 aliphatic carbocycles. The molecule has 1 aromatic heterocycles. The van der Waals surface area contributed by atoms with Gasteiger partial charge < -0.3 is 10.6 Å². The molecular weight excluding hydrogens is 300 g/mol. The third kappa shape index (κ3) is 2.48. The van der Waals surface area contributed by atoms with Crippen LogP contribution in [0, 0.1) is 0 Å². The monoisotopic (exact) mass is 316 g/mol. The Hall–Kier alpha value is -2.28. The number of anilines is 2. The second-order valence-corrected chi connectivity index (χ2v) is 6.58. The molecule has 1 aromatic carbocycles. The number of fused-ring (bicyclic) bond motifs is 1. The van der Waals surface area contributed by atoms with Crippen LogP contribution in [0.4, 0.5) is 11.4 Å². The number of hydrogen-bond donors (Lipinski definition) is 2. The minimum atomic E-state index is -1.22. The molecule has 0 fully saturated rings.